The summed E-state index contributed by atoms with van der Waals surface area (Å²) < 4.78 is 0. The number of pyridine rings is 1. The van der Waals surface area contributed by atoms with Gasteiger partial charge in [-0.15, -0.1) is 0 Å². The summed E-state index contributed by atoms with van der Waals surface area (Å²) >= 11 is 5.71. The zero-order valence-electron chi connectivity index (χ0n) is 11.6. The van der Waals surface area contributed by atoms with E-state index in [1.807, 2.05) is 30.3 Å². The molecule has 1 amide bonds. The topological polar surface area (TPSA) is 42.0 Å². The minimum atomic E-state index is -0.217. The summed E-state index contributed by atoms with van der Waals surface area (Å²) in [7, 11) is 0. The van der Waals surface area contributed by atoms with Crippen LogP contribution < -0.4 is 5.32 Å². The van der Waals surface area contributed by atoms with Crippen LogP contribution in [0.25, 0.3) is 0 Å². The Hall–Kier alpha value is -1.87. The summed E-state index contributed by atoms with van der Waals surface area (Å²) in [5.74, 6) is -0.0389. The fourth-order valence-electron chi connectivity index (χ4n) is 2.05. The molecule has 0 unspecified atom stereocenters. The van der Waals surface area contributed by atoms with Crippen LogP contribution >= 0.6 is 11.6 Å². The van der Waals surface area contributed by atoms with Crippen LogP contribution in [-0.4, -0.2) is 10.9 Å². The summed E-state index contributed by atoms with van der Waals surface area (Å²) in [5.41, 5.74) is 1.58. The highest BCUT2D eigenvalue weighted by molar-refractivity contribution is 6.29. The molecule has 0 radical (unpaired) electrons. The Morgan fingerprint density at radius 1 is 1.20 bits per heavy atom. The van der Waals surface area contributed by atoms with Crippen LogP contribution in [0, 0.1) is 0 Å². The van der Waals surface area contributed by atoms with E-state index in [4.69, 9.17) is 11.6 Å². The third-order valence-electron chi connectivity index (χ3n) is 3.17. The smallest absolute Gasteiger partial charge is 0.225 e. The number of benzene rings is 1. The van der Waals surface area contributed by atoms with E-state index < -0.39 is 0 Å². The van der Waals surface area contributed by atoms with Gasteiger partial charge in [0.2, 0.25) is 5.91 Å². The Balaban J connectivity index is 2.02. The van der Waals surface area contributed by atoms with Crippen LogP contribution in [0.2, 0.25) is 5.15 Å². The third kappa shape index (κ3) is 3.81. The van der Waals surface area contributed by atoms with E-state index in [1.54, 1.807) is 18.3 Å². The Labute approximate surface area is 124 Å². The third-order valence-corrected chi connectivity index (χ3v) is 3.39. The van der Waals surface area contributed by atoms with E-state index in [2.05, 4.69) is 24.1 Å². The Bertz CT molecular complexity index is 579. The maximum absolute atomic E-state index is 12.1. The van der Waals surface area contributed by atoms with Gasteiger partial charge in [0.25, 0.3) is 0 Å². The van der Waals surface area contributed by atoms with Gasteiger partial charge < -0.3 is 5.32 Å². The molecule has 2 rings (SSSR count). The van der Waals surface area contributed by atoms with Crippen LogP contribution in [-0.2, 0) is 10.2 Å². The van der Waals surface area contributed by atoms with E-state index in [9.17, 15) is 4.79 Å². The molecule has 0 bridgehead atoms. The number of aromatic nitrogens is 1. The number of hydrogen-bond donors (Lipinski definition) is 1. The first-order valence-electron chi connectivity index (χ1n) is 6.44. The molecule has 1 heterocycles. The second-order valence-corrected chi connectivity index (χ2v) is 5.73. The number of nitrogens with zero attached hydrogens (tertiary/aromatic N) is 1. The molecule has 0 atom stereocenters. The molecule has 1 aromatic heterocycles. The van der Waals surface area contributed by atoms with Crippen molar-refractivity contribution >= 4 is 23.2 Å². The largest absolute Gasteiger partial charge is 0.325 e. The normalized spacial score (nSPS) is 11.2. The van der Waals surface area contributed by atoms with Crippen molar-refractivity contribution in [2.45, 2.75) is 25.7 Å². The average Bonchev–Trinajstić information content (AvgIpc) is 2.42. The fraction of sp³-hybridized carbons (Fsp3) is 0.250. The highest BCUT2D eigenvalue weighted by Crippen LogP contribution is 2.27. The number of amides is 1. The molecule has 0 aliphatic carbocycles. The van der Waals surface area contributed by atoms with Crippen molar-refractivity contribution in [3.63, 3.8) is 0 Å². The molecule has 0 aliphatic rings. The molecule has 1 aromatic carbocycles. The molecular weight excluding hydrogens is 272 g/mol. The average molecular weight is 289 g/mol. The quantitative estimate of drug-likeness (QED) is 0.863. The van der Waals surface area contributed by atoms with Crippen LogP contribution in [0.1, 0.15) is 25.8 Å². The zero-order valence-corrected chi connectivity index (χ0v) is 12.3. The maximum Gasteiger partial charge on any atom is 0.225 e. The molecule has 0 spiro atoms. The Morgan fingerprint density at radius 3 is 2.50 bits per heavy atom. The minimum absolute atomic E-state index is 0.0389. The molecule has 4 heteroatoms. The predicted molar refractivity (Wildman–Crippen MR) is 82.0 cm³/mol. The summed E-state index contributed by atoms with van der Waals surface area (Å²) in [5, 5.41) is 3.24. The number of hydrogen-bond acceptors (Lipinski definition) is 2. The Kier molecular flexibility index (Phi) is 4.40. The summed E-state index contributed by atoms with van der Waals surface area (Å²) in [4.78, 5) is 16.1. The zero-order chi connectivity index (χ0) is 14.6. The number of anilines is 1. The second kappa shape index (κ2) is 6.06. The molecule has 2 aromatic rings. The van der Waals surface area contributed by atoms with E-state index in [0.717, 1.165) is 5.56 Å². The molecular formula is C16H17ClN2O. The van der Waals surface area contributed by atoms with Gasteiger partial charge in [0, 0.05) is 6.42 Å². The number of carbonyl (C=O) groups is 1. The fourth-order valence-corrected chi connectivity index (χ4v) is 2.16. The standard InChI is InChI=1S/C16H17ClN2O/c1-16(2,12-6-4-3-5-7-12)10-15(20)19-13-8-9-14(17)18-11-13/h3-9,11H,10H2,1-2H3,(H,19,20). The summed E-state index contributed by atoms with van der Waals surface area (Å²) in [6, 6.07) is 13.4. The van der Waals surface area contributed by atoms with E-state index in [-0.39, 0.29) is 11.3 Å². The van der Waals surface area contributed by atoms with Gasteiger partial charge >= 0.3 is 0 Å². The van der Waals surface area contributed by atoms with E-state index in [1.165, 1.54) is 0 Å². The molecule has 104 valence electrons. The number of halogens is 1. The first-order valence-corrected chi connectivity index (χ1v) is 6.82. The lowest BCUT2D eigenvalue weighted by Gasteiger charge is -2.24. The lowest BCUT2D eigenvalue weighted by molar-refractivity contribution is -0.117. The van der Waals surface area contributed by atoms with Crippen molar-refractivity contribution in [1.29, 1.82) is 0 Å². The molecule has 0 fully saturated rings. The van der Waals surface area contributed by atoms with Crippen molar-refractivity contribution in [2.24, 2.45) is 0 Å². The van der Waals surface area contributed by atoms with Gasteiger partial charge in [-0.05, 0) is 23.1 Å². The summed E-state index contributed by atoms with van der Waals surface area (Å²) in [6.45, 7) is 4.12. The van der Waals surface area contributed by atoms with Crippen molar-refractivity contribution in [1.82, 2.24) is 4.98 Å². The van der Waals surface area contributed by atoms with Crippen molar-refractivity contribution in [2.75, 3.05) is 5.32 Å². The van der Waals surface area contributed by atoms with Crippen LogP contribution in [0.5, 0.6) is 0 Å². The predicted octanol–water partition coefficient (Wildman–Crippen LogP) is 4.04. The lowest BCUT2D eigenvalue weighted by atomic mass is 9.81. The number of nitrogens with one attached hydrogen (secondary N) is 1. The summed E-state index contributed by atoms with van der Waals surface area (Å²) in [6.07, 6.45) is 1.95. The molecule has 1 N–H and O–H groups in total. The molecule has 20 heavy (non-hydrogen) atoms. The second-order valence-electron chi connectivity index (χ2n) is 5.34. The van der Waals surface area contributed by atoms with Crippen LogP contribution in [0.15, 0.2) is 48.7 Å². The van der Waals surface area contributed by atoms with Crippen molar-refractivity contribution < 1.29 is 4.79 Å². The van der Waals surface area contributed by atoms with Gasteiger partial charge in [0.1, 0.15) is 5.15 Å². The van der Waals surface area contributed by atoms with Gasteiger partial charge in [0.15, 0.2) is 0 Å². The van der Waals surface area contributed by atoms with Crippen LogP contribution in [0.3, 0.4) is 0 Å². The minimum Gasteiger partial charge on any atom is -0.325 e. The van der Waals surface area contributed by atoms with Crippen molar-refractivity contribution in [3.8, 4) is 0 Å². The lowest BCUT2D eigenvalue weighted by Crippen LogP contribution is -2.25. The Morgan fingerprint density at radius 2 is 1.90 bits per heavy atom. The highest BCUT2D eigenvalue weighted by atomic mass is 35.5. The number of rotatable bonds is 4. The molecule has 0 aliphatic heterocycles. The first kappa shape index (κ1) is 14.5. The van der Waals surface area contributed by atoms with Gasteiger partial charge in [0.05, 0.1) is 11.9 Å². The highest BCUT2D eigenvalue weighted by Gasteiger charge is 2.24. The maximum atomic E-state index is 12.1. The van der Waals surface area contributed by atoms with Gasteiger partial charge in [-0.1, -0.05) is 55.8 Å². The molecule has 0 saturated carbocycles. The number of carbonyl (C=O) groups excluding carboxylic acids is 1. The van der Waals surface area contributed by atoms with Gasteiger partial charge in [-0.25, -0.2) is 4.98 Å². The van der Waals surface area contributed by atoms with Crippen LogP contribution in [0.4, 0.5) is 5.69 Å². The van der Waals surface area contributed by atoms with Gasteiger partial charge in [-0.3, -0.25) is 4.79 Å². The molecule has 0 saturated heterocycles. The van der Waals surface area contributed by atoms with E-state index in [0.29, 0.717) is 17.3 Å². The van der Waals surface area contributed by atoms with E-state index >= 15 is 0 Å². The monoisotopic (exact) mass is 288 g/mol. The molecule has 3 nitrogen and oxygen atoms in total. The van der Waals surface area contributed by atoms with Gasteiger partial charge in [-0.2, -0.15) is 0 Å². The van der Waals surface area contributed by atoms with Crippen molar-refractivity contribution in [3.05, 3.63) is 59.4 Å². The SMILES string of the molecule is CC(C)(CC(=O)Nc1ccc(Cl)nc1)c1ccccc1. The first-order chi connectivity index (χ1) is 9.47.